The van der Waals surface area contributed by atoms with Gasteiger partial charge < -0.3 is 14.6 Å². The topological polar surface area (TPSA) is 62.5 Å². The number of carboxylic acid groups (broad SMARTS) is 1. The molecule has 0 fully saturated rings. The first-order chi connectivity index (χ1) is 10.3. The van der Waals surface area contributed by atoms with Gasteiger partial charge in [0.05, 0.1) is 5.56 Å². The van der Waals surface area contributed by atoms with E-state index in [9.17, 15) is 9.59 Å². The zero-order valence-electron chi connectivity index (χ0n) is 13.2. The highest BCUT2D eigenvalue weighted by Gasteiger charge is 2.26. The molecule has 22 heavy (non-hydrogen) atoms. The molecule has 0 bridgehead atoms. The molecule has 1 aromatic carbocycles. The van der Waals surface area contributed by atoms with E-state index in [1.807, 2.05) is 48.7 Å². The molecule has 0 aliphatic heterocycles. The lowest BCUT2D eigenvalue weighted by Gasteiger charge is -2.21. The molecule has 1 heterocycles. The minimum absolute atomic E-state index is 0.287. The van der Waals surface area contributed by atoms with Crippen LogP contribution in [0, 0.1) is 13.8 Å². The summed E-state index contributed by atoms with van der Waals surface area (Å²) in [5.41, 5.74) is 3.24. The molecule has 0 radical (unpaired) electrons. The fourth-order valence-corrected chi connectivity index (χ4v) is 2.49. The predicted octanol–water partition coefficient (Wildman–Crippen LogP) is 2.64. The number of carbonyl (C=O) groups excluding carboxylic acids is 1. The average Bonchev–Trinajstić information content (AvgIpc) is 2.80. The second kappa shape index (κ2) is 6.05. The largest absolute Gasteiger partial charge is 0.480 e. The van der Waals surface area contributed by atoms with E-state index in [1.165, 1.54) is 18.9 Å². The molecule has 1 atom stereocenters. The molecule has 1 unspecified atom stereocenters. The van der Waals surface area contributed by atoms with Crippen LogP contribution in [0.15, 0.2) is 36.4 Å². The second-order valence-corrected chi connectivity index (χ2v) is 5.39. The lowest BCUT2D eigenvalue weighted by molar-refractivity contribution is -0.141. The van der Waals surface area contributed by atoms with Crippen molar-refractivity contribution in [1.29, 1.82) is 0 Å². The van der Waals surface area contributed by atoms with Crippen LogP contribution in [0.25, 0.3) is 5.69 Å². The number of aryl methyl sites for hydroxylation is 1. The Morgan fingerprint density at radius 1 is 1.18 bits per heavy atom. The van der Waals surface area contributed by atoms with Gasteiger partial charge in [0.1, 0.15) is 6.04 Å². The standard InChI is InChI=1S/C17H20N2O3/c1-11-10-15(16(20)18(4)13(3)17(21)22)12(2)19(11)14-8-6-5-7-9-14/h5-10,13H,1-4H3,(H,21,22). The van der Waals surface area contributed by atoms with E-state index in [1.54, 1.807) is 6.07 Å². The molecule has 0 aliphatic carbocycles. The van der Waals surface area contributed by atoms with Crippen LogP contribution in [0.4, 0.5) is 0 Å². The minimum atomic E-state index is -1.02. The van der Waals surface area contributed by atoms with Gasteiger partial charge in [-0.1, -0.05) is 18.2 Å². The van der Waals surface area contributed by atoms with Gasteiger partial charge in [-0.15, -0.1) is 0 Å². The van der Waals surface area contributed by atoms with Gasteiger partial charge in [0, 0.05) is 24.1 Å². The van der Waals surface area contributed by atoms with Gasteiger partial charge >= 0.3 is 5.97 Å². The molecule has 1 aromatic heterocycles. The summed E-state index contributed by atoms with van der Waals surface area (Å²) >= 11 is 0. The van der Waals surface area contributed by atoms with Gasteiger partial charge in [0.25, 0.3) is 5.91 Å². The van der Waals surface area contributed by atoms with Gasteiger partial charge in [-0.25, -0.2) is 4.79 Å². The maximum Gasteiger partial charge on any atom is 0.326 e. The number of carboxylic acids is 1. The number of hydrogen-bond acceptors (Lipinski definition) is 2. The van der Waals surface area contributed by atoms with E-state index in [4.69, 9.17) is 5.11 Å². The number of para-hydroxylation sites is 1. The van der Waals surface area contributed by atoms with Crippen LogP contribution < -0.4 is 0 Å². The molecule has 0 saturated carbocycles. The zero-order chi connectivity index (χ0) is 16.4. The zero-order valence-corrected chi connectivity index (χ0v) is 13.2. The monoisotopic (exact) mass is 300 g/mol. The summed E-state index contributed by atoms with van der Waals surface area (Å²) in [5, 5.41) is 9.06. The number of aliphatic carboxylic acids is 1. The highest BCUT2D eigenvalue weighted by molar-refractivity contribution is 5.97. The van der Waals surface area contributed by atoms with Crippen molar-refractivity contribution in [1.82, 2.24) is 9.47 Å². The lowest BCUT2D eigenvalue weighted by atomic mass is 10.2. The maximum absolute atomic E-state index is 12.6. The first-order valence-electron chi connectivity index (χ1n) is 7.09. The number of carbonyl (C=O) groups is 2. The number of likely N-dealkylation sites (N-methyl/N-ethyl adjacent to an activating group) is 1. The van der Waals surface area contributed by atoms with Crippen LogP contribution in [0.3, 0.4) is 0 Å². The Morgan fingerprint density at radius 3 is 2.32 bits per heavy atom. The molecule has 2 aromatic rings. The summed E-state index contributed by atoms with van der Waals surface area (Å²) in [7, 11) is 1.51. The van der Waals surface area contributed by atoms with Crippen molar-refractivity contribution in [3.05, 3.63) is 53.3 Å². The van der Waals surface area contributed by atoms with E-state index < -0.39 is 12.0 Å². The highest BCUT2D eigenvalue weighted by Crippen LogP contribution is 2.22. The first-order valence-corrected chi connectivity index (χ1v) is 7.09. The number of amides is 1. The Morgan fingerprint density at radius 2 is 1.77 bits per heavy atom. The number of benzene rings is 1. The first kappa shape index (κ1) is 15.8. The van der Waals surface area contributed by atoms with Gasteiger partial charge in [0.15, 0.2) is 0 Å². The Hall–Kier alpha value is -2.56. The Bertz CT molecular complexity index is 704. The third-order valence-electron chi connectivity index (χ3n) is 3.93. The van der Waals surface area contributed by atoms with Crippen LogP contribution in [0.1, 0.15) is 28.7 Å². The SMILES string of the molecule is Cc1cc(C(=O)N(C)C(C)C(=O)O)c(C)n1-c1ccccc1. The molecule has 0 saturated heterocycles. The Labute approximate surface area is 129 Å². The summed E-state index contributed by atoms with van der Waals surface area (Å²) < 4.78 is 1.99. The van der Waals surface area contributed by atoms with E-state index in [2.05, 4.69) is 0 Å². The fourth-order valence-electron chi connectivity index (χ4n) is 2.49. The molecular weight excluding hydrogens is 280 g/mol. The molecular formula is C17H20N2O3. The number of rotatable bonds is 4. The van der Waals surface area contributed by atoms with E-state index in [-0.39, 0.29) is 5.91 Å². The summed E-state index contributed by atoms with van der Waals surface area (Å²) in [6.45, 7) is 5.29. The lowest BCUT2D eigenvalue weighted by Crippen LogP contribution is -2.40. The average molecular weight is 300 g/mol. The van der Waals surface area contributed by atoms with E-state index in [0.717, 1.165) is 17.1 Å². The summed E-state index contributed by atoms with van der Waals surface area (Å²) in [6.07, 6.45) is 0. The normalized spacial score (nSPS) is 12.0. The van der Waals surface area contributed by atoms with Gasteiger partial charge in [-0.2, -0.15) is 0 Å². The van der Waals surface area contributed by atoms with Gasteiger partial charge in [-0.3, -0.25) is 4.79 Å². The van der Waals surface area contributed by atoms with Crippen LogP contribution in [0.5, 0.6) is 0 Å². The molecule has 1 amide bonds. The summed E-state index contributed by atoms with van der Waals surface area (Å²) in [5.74, 6) is -1.31. The van der Waals surface area contributed by atoms with Crippen LogP contribution >= 0.6 is 0 Å². The number of hydrogen-bond donors (Lipinski definition) is 1. The highest BCUT2D eigenvalue weighted by atomic mass is 16.4. The van der Waals surface area contributed by atoms with Gasteiger partial charge in [0.2, 0.25) is 0 Å². The predicted molar refractivity (Wildman–Crippen MR) is 84.4 cm³/mol. The second-order valence-electron chi connectivity index (χ2n) is 5.39. The third kappa shape index (κ3) is 2.74. The number of aromatic nitrogens is 1. The van der Waals surface area contributed by atoms with Crippen molar-refractivity contribution < 1.29 is 14.7 Å². The molecule has 0 spiro atoms. The van der Waals surface area contributed by atoms with Crippen molar-refractivity contribution in [3.8, 4) is 5.69 Å². The van der Waals surface area contributed by atoms with Crippen molar-refractivity contribution in [3.63, 3.8) is 0 Å². The van der Waals surface area contributed by atoms with Gasteiger partial charge in [-0.05, 0) is 39.0 Å². The Balaban J connectivity index is 2.43. The molecule has 2 rings (SSSR count). The van der Waals surface area contributed by atoms with Crippen LogP contribution in [-0.4, -0.2) is 39.5 Å². The smallest absolute Gasteiger partial charge is 0.326 e. The fraction of sp³-hybridized carbons (Fsp3) is 0.294. The summed E-state index contributed by atoms with van der Waals surface area (Å²) in [6, 6.07) is 10.7. The van der Waals surface area contributed by atoms with Crippen LogP contribution in [-0.2, 0) is 4.79 Å². The Kier molecular flexibility index (Phi) is 4.35. The molecule has 5 nitrogen and oxygen atoms in total. The molecule has 5 heteroatoms. The minimum Gasteiger partial charge on any atom is -0.480 e. The van der Waals surface area contributed by atoms with Crippen molar-refractivity contribution in [2.24, 2.45) is 0 Å². The number of nitrogens with zero attached hydrogens (tertiary/aromatic N) is 2. The molecule has 116 valence electrons. The van der Waals surface area contributed by atoms with E-state index >= 15 is 0 Å². The molecule has 0 aliphatic rings. The third-order valence-corrected chi connectivity index (χ3v) is 3.93. The van der Waals surface area contributed by atoms with E-state index in [0.29, 0.717) is 5.56 Å². The molecule has 1 N–H and O–H groups in total. The van der Waals surface area contributed by atoms with Crippen molar-refractivity contribution >= 4 is 11.9 Å². The van der Waals surface area contributed by atoms with Crippen molar-refractivity contribution in [2.75, 3.05) is 7.05 Å². The summed E-state index contributed by atoms with van der Waals surface area (Å²) in [4.78, 5) is 24.9. The van der Waals surface area contributed by atoms with Crippen molar-refractivity contribution in [2.45, 2.75) is 26.8 Å². The van der Waals surface area contributed by atoms with Crippen LogP contribution in [0.2, 0.25) is 0 Å². The maximum atomic E-state index is 12.6. The quantitative estimate of drug-likeness (QED) is 0.944.